The Morgan fingerprint density at radius 1 is 1.10 bits per heavy atom. The number of carbonyl (C=O) groups excluding carboxylic acids is 1. The van der Waals surface area contributed by atoms with Crippen molar-refractivity contribution >= 4 is 5.91 Å². The van der Waals surface area contributed by atoms with Gasteiger partial charge in [-0.25, -0.2) is 14.5 Å². The van der Waals surface area contributed by atoms with Gasteiger partial charge in [0.1, 0.15) is 5.82 Å². The molecule has 2 fully saturated rings. The minimum absolute atomic E-state index is 0.0122. The molecular weight excluding hydrogens is 380 g/mol. The van der Waals surface area contributed by atoms with E-state index in [9.17, 15) is 9.59 Å². The number of nitrogens with zero attached hydrogens (tertiary/aromatic N) is 6. The highest BCUT2D eigenvalue weighted by Crippen LogP contribution is 2.37. The van der Waals surface area contributed by atoms with Crippen LogP contribution >= 0.6 is 0 Å². The van der Waals surface area contributed by atoms with Gasteiger partial charge in [0.05, 0.1) is 6.33 Å². The molecule has 3 aromatic rings. The molecule has 0 bridgehead atoms. The van der Waals surface area contributed by atoms with Crippen molar-refractivity contribution in [2.75, 3.05) is 13.1 Å². The van der Waals surface area contributed by atoms with E-state index in [4.69, 9.17) is 0 Å². The molecule has 8 heteroatoms. The maximum Gasteiger partial charge on any atom is 0.345 e. The van der Waals surface area contributed by atoms with Gasteiger partial charge >= 0.3 is 5.69 Å². The summed E-state index contributed by atoms with van der Waals surface area (Å²) in [6.45, 7) is 2.12. The molecule has 1 saturated carbocycles. The Hall–Kier alpha value is -3.16. The average molecular weight is 406 g/mol. The second kappa shape index (κ2) is 7.59. The van der Waals surface area contributed by atoms with Gasteiger partial charge in [-0.15, -0.1) is 0 Å². The predicted octanol–water partition coefficient (Wildman–Crippen LogP) is 2.18. The molecule has 0 spiro atoms. The van der Waals surface area contributed by atoms with E-state index in [2.05, 4.69) is 10.1 Å². The lowest BCUT2D eigenvalue weighted by Gasteiger charge is -2.31. The van der Waals surface area contributed by atoms with E-state index in [1.165, 1.54) is 4.68 Å². The Balaban J connectivity index is 1.23. The van der Waals surface area contributed by atoms with Crippen LogP contribution in [0.25, 0.3) is 0 Å². The third kappa shape index (κ3) is 3.58. The summed E-state index contributed by atoms with van der Waals surface area (Å²) in [5.41, 5.74) is 1.84. The number of hydrogen-bond donors (Lipinski definition) is 0. The van der Waals surface area contributed by atoms with Crippen LogP contribution in [0.5, 0.6) is 0 Å². The zero-order valence-electron chi connectivity index (χ0n) is 17.1. The molecule has 156 valence electrons. The molecule has 5 rings (SSSR count). The molecule has 30 heavy (non-hydrogen) atoms. The van der Waals surface area contributed by atoms with Crippen molar-refractivity contribution in [2.24, 2.45) is 7.05 Å². The number of aryl methyl sites for hydroxylation is 1. The van der Waals surface area contributed by atoms with Crippen molar-refractivity contribution in [2.45, 2.75) is 44.2 Å². The fraction of sp³-hybridized carbons (Fsp3) is 0.455. The molecule has 1 amide bonds. The van der Waals surface area contributed by atoms with Crippen molar-refractivity contribution in [3.8, 4) is 0 Å². The van der Waals surface area contributed by atoms with Crippen LogP contribution in [0.2, 0.25) is 0 Å². The van der Waals surface area contributed by atoms with E-state index in [-0.39, 0.29) is 17.5 Å². The highest BCUT2D eigenvalue weighted by molar-refractivity contribution is 5.94. The Morgan fingerprint density at radius 3 is 2.47 bits per heavy atom. The Labute approximate surface area is 174 Å². The van der Waals surface area contributed by atoms with E-state index < -0.39 is 0 Å². The summed E-state index contributed by atoms with van der Waals surface area (Å²) in [4.78, 5) is 31.3. The van der Waals surface area contributed by atoms with Gasteiger partial charge in [-0.1, -0.05) is 12.1 Å². The molecule has 1 aliphatic heterocycles. The first kappa shape index (κ1) is 18.8. The summed E-state index contributed by atoms with van der Waals surface area (Å²) in [5, 5.41) is 4.52. The molecule has 0 unspecified atom stereocenters. The van der Waals surface area contributed by atoms with Crippen LogP contribution in [0.1, 0.15) is 59.4 Å². The largest absolute Gasteiger partial charge is 0.345 e. The van der Waals surface area contributed by atoms with Gasteiger partial charge < -0.3 is 9.47 Å². The lowest BCUT2D eigenvalue weighted by molar-refractivity contribution is 0.0710. The SMILES string of the molecule is Cn1nc(C2CCN(C(=O)c3ccc(Cn4ccnc4)cc3)CC2)n(C2CC2)c1=O. The quantitative estimate of drug-likeness (QED) is 0.651. The van der Waals surface area contributed by atoms with Crippen molar-refractivity contribution in [3.63, 3.8) is 0 Å². The highest BCUT2D eigenvalue weighted by atomic mass is 16.2. The van der Waals surface area contributed by atoms with Crippen molar-refractivity contribution in [1.82, 2.24) is 28.8 Å². The van der Waals surface area contributed by atoms with E-state index in [0.29, 0.717) is 19.1 Å². The minimum atomic E-state index is -0.0122. The van der Waals surface area contributed by atoms with Gasteiger partial charge in [0.2, 0.25) is 0 Å². The summed E-state index contributed by atoms with van der Waals surface area (Å²) in [7, 11) is 1.72. The lowest BCUT2D eigenvalue weighted by Crippen LogP contribution is -2.38. The minimum Gasteiger partial charge on any atom is -0.339 e. The van der Waals surface area contributed by atoms with Crippen LogP contribution in [-0.4, -0.2) is 47.8 Å². The van der Waals surface area contributed by atoms with Crippen LogP contribution in [-0.2, 0) is 13.6 Å². The first-order valence-electron chi connectivity index (χ1n) is 10.6. The normalized spacial score (nSPS) is 17.4. The number of imidazole rings is 1. The Morgan fingerprint density at radius 2 is 1.83 bits per heavy atom. The number of carbonyl (C=O) groups is 1. The van der Waals surface area contributed by atoms with E-state index >= 15 is 0 Å². The molecule has 3 heterocycles. The van der Waals surface area contributed by atoms with Crippen LogP contribution in [0, 0.1) is 0 Å². The molecule has 1 aliphatic carbocycles. The van der Waals surface area contributed by atoms with Gasteiger partial charge in [0.15, 0.2) is 0 Å². The van der Waals surface area contributed by atoms with E-state index in [1.807, 2.05) is 44.5 Å². The lowest BCUT2D eigenvalue weighted by atomic mass is 9.95. The molecule has 0 atom stereocenters. The number of amides is 1. The zero-order chi connectivity index (χ0) is 20.7. The second-order valence-electron chi connectivity index (χ2n) is 8.36. The van der Waals surface area contributed by atoms with E-state index in [1.54, 1.807) is 19.6 Å². The predicted molar refractivity (Wildman–Crippen MR) is 111 cm³/mol. The summed E-state index contributed by atoms with van der Waals surface area (Å²) in [6.07, 6.45) is 9.28. The van der Waals surface area contributed by atoms with Crippen molar-refractivity contribution in [1.29, 1.82) is 0 Å². The summed E-state index contributed by atoms with van der Waals surface area (Å²) in [6, 6.07) is 8.14. The van der Waals surface area contributed by atoms with Crippen LogP contribution in [0.3, 0.4) is 0 Å². The van der Waals surface area contributed by atoms with Gasteiger partial charge in [0, 0.05) is 56.6 Å². The number of aromatic nitrogens is 5. The molecule has 1 saturated heterocycles. The summed E-state index contributed by atoms with van der Waals surface area (Å²) >= 11 is 0. The van der Waals surface area contributed by atoms with Gasteiger partial charge in [-0.2, -0.15) is 5.10 Å². The number of likely N-dealkylation sites (tertiary alicyclic amines) is 1. The molecular formula is C22H26N6O2. The fourth-order valence-corrected chi connectivity index (χ4v) is 4.32. The zero-order valence-corrected chi connectivity index (χ0v) is 17.1. The third-order valence-corrected chi connectivity index (χ3v) is 6.17. The molecule has 8 nitrogen and oxygen atoms in total. The van der Waals surface area contributed by atoms with Crippen molar-refractivity contribution < 1.29 is 4.79 Å². The molecule has 2 aromatic heterocycles. The number of benzene rings is 1. The molecule has 1 aromatic carbocycles. The third-order valence-electron chi connectivity index (χ3n) is 6.17. The maximum absolute atomic E-state index is 13.0. The van der Waals surface area contributed by atoms with Gasteiger partial charge in [-0.3, -0.25) is 9.36 Å². The number of piperidine rings is 1. The molecule has 2 aliphatic rings. The summed E-state index contributed by atoms with van der Waals surface area (Å²) < 4.78 is 5.35. The van der Waals surface area contributed by atoms with Crippen LogP contribution < -0.4 is 5.69 Å². The van der Waals surface area contributed by atoms with Crippen molar-refractivity contribution in [3.05, 3.63) is 70.4 Å². The molecule has 0 radical (unpaired) electrons. The topological polar surface area (TPSA) is 78.0 Å². The number of hydrogen-bond acceptors (Lipinski definition) is 4. The van der Waals surface area contributed by atoms with Gasteiger partial charge in [0.25, 0.3) is 5.91 Å². The Bertz CT molecular complexity index is 1080. The first-order valence-corrected chi connectivity index (χ1v) is 10.6. The smallest absolute Gasteiger partial charge is 0.339 e. The second-order valence-corrected chi connectivity index (χ2v) is 8.36. The monoisotopic (exact) mass is 406 g/mol. The number of rotatable bonds is 5. The van der Waals surface area contributed by atoms with Crippen LogP contribution in [0.15, 0.2) is 47.8 Å². The first-order chi connectivity index (χ1) is 14.6. The van der Waals surface area contributed by atoms with Gasteiger partial charge in [-0.05, 0) is 43.4 Å². The fourth-order valence-electron chi connectivity index (χ4n) is 4.32. The summed E-state index contributed by atoms with van der Waals surface area (Å²) in [5.74, 6) is 1.21. The highest BCUT2D eigenvalue weighted by Gasteiger charge is 2.34. The average Bonchev–Trinajstić information content (AvgIpc) is 3.39. The maximum atomic E-state index is 13.0. The van der Waals surface area contributed by atoms with E-state index in [0.717, 1.165) is 49.2 Å². The molecule has 0 N–H and O–H groups in total. The standard InChI is InChI=1S/C22H26N6O2/c1-25-22(30)28(19-6-7-19)20(24-25)17-8-11-27(12-9-17)21(29)18-4-2-16(3-5-18)14-26-13-10-23-15-26/h2-5,10,13,15,17,19H,6-9,11-12,14H2,1H3. The van der Waals surface area contributed by atoms with Crippen LogP contribution in [0.4, 0.5) is 0 Å². The Kier molecular flexibility index (Phi) is 4.77.